The van der Waals surface area contributed by atoms with Gasteiger partial charge >= 0.3 is 0 Å². The van der Waals surface area contributed by atoms with E-state index in [0.29, 0.717) is 5.56 Å². The van der Waals surface area contributed by atoms with Crippen LogP contribution in [0.1, 0.15) is 43.7 Å². The average Bonchev–Trinajstić information content (AvgIpc) is 3.02. The van der Waals surface area contributed by atoms with Gasteiger partial charge in [0.15, 0.2) is 0 Å². The quantitative estimate of drug-likeness (QED) is 0.141. The molecule has 1 aliphatic rings. The van der Waals surface area contributed by atoms with Gasteiger partial charge < -0.3 is 48.3 Å². The zero-order valence-electron chi connectivity index (χ0n) is 26.9. The molecule has 18 heteroatoms. The third-order valence-electron chi connectivity index (χ3n) is 6.95. The molecule has 3 atom stereocenters. The monoisotopic (exact) mass is 673 g/mol. The number of nitrogens with two attached hydrogens (primary N) is 1. The summed E-state index contributed by atoms with van der Waals surface area (Å²) in [6.45, 7) is 1.05. The molecular weight excluding hydrogens is 630 g/mol. The van der Waals surface area contributed by atoms with Crippen molar-refractivity contribution >= 4 is 53.2 Å². The van der Waals surface area contributed by atoms with E-state index >= 15 is 0 Å². The predicted molar refractivity (Wildman–Crippen MR) is 169 cm³/mol. The first-order chi connectivity index (χ1) is 22.7. The molecule has 262 valence electrons. The number of benzene rings is 1. The van der Waals surface area contributed by atoms with Gasteiger partial charge in [-0.3, -0.25) is 43.2 Å². The normalized spacial score (nSPS) is 21.2. The lowest BCUT2D eigenvalue weighted by Crippen LogP contribution is -2.54. The number of hydrogen-bond donors (Lipinski definition) is 9. The van der Waals surface area contributed by atoms with E-state index in [1.54, 1.807) is 18.2 Å². The van der Waals surface area contributed by atoms with Crippen LogP contribution < -0.4 is 48.3 Å². The number of hydrogen-bond acceptors (Lipinski definition) is 9. The summed E-state index contributed by atoms with van der Waals surface area (Å²) in [5.41, 5.74) is 6.98. The maximum atomic E-state index is 13.1. The van der Waals surface area contributed by atoms with Crippen LogP contribution in [0.5, 0.6) is 0 Å². The van der Waals surface area contributed by atoms with Crippen LogP contribution in [-0.2, 0) is 49.6 Å². The predicted octanol–water partition coefficient (Wildman–Crippen LogP) is -4.35. The second-order valence-electron chi connectivity index (χ2n) is 11.1. The Hall–Kier alpha value is -5.55. The van der Waals surface area contributed by atoms with Crippen molar-refractivity contribution in [2.45, 2.75) is 64.1 Å². The van der Waals surface area contributed by atoms with Crippen molar-refractivity contribution in [1.82, 2.24) is 42.5 Å². The molecule has 1 fully saturated rings. The largest absolute Gasteiger partial charge is 0.368 e. The van der Waals surface area contributed by atoms with E-state index in [-0.39, 0.29) is 38.6 Å². The molecule has 3 unspecified atom stereocenters. The summed E-state index contributed by atoms with van der Waals surface area (Å²) in [5.74, 6) is -6.25. The molecule has 1 aliphatic heterocycles. The highest BCUT2D eigenvalue weighted by molar-refractivity contribution is 5.95. The minimum atomic E-state index is -1.27. The van der Waals surface area contributed by atoms with Crippen LogP contribution in [0.3, 0.4) is 0 Å². The van der Waals surface area contributed by atoms with Crippen molar-refractivity contribution in [2.75, 3.05) is 32.7 Å². The van der Waals surface area contributed by atoms with Gasteiger partial charge in [-0.1, -0.05) is 29.8 Å². The van der Waals surface area contributed by atoms with E-state index in [2.05, 4.69) is 42.5 Å². The zero-order valence-corrected chi connectivity index (χ0v) is 26.9. The maximum absolute atomic E-state index is 13.1. The second kappa shape index (κ2) is 19.9. The molecule has 18 nitrogen and oxygen atoms in total. The number of amides is 9. The van der Waals surface area contributed by atoms with Crippen LogP contribution in [0, 0.1) is 6.92 Å². The molecule has 0 saturated carbocycles. The molecule has 0 bridgehead atoms. The SMILES string of the molecule is CC(=O)NCC(=O)NC1CCC(=O)NCCCC(C(N)=O)NC(=O)CNC(=O)CNC(=O)C(Cc2cccc(C)c2)NC(=O)CNC1=O. The fourth-order valence-corrected chi connectivity index (χ4v) is 4.50. The van der Waals surface area contributed by atoms with Gasteiger partial charge in [-0.15, -0.1) is 0 Å². The van der Waals surface area contributed by atoms with Crippen LogP contribution in [0.4, 0.5) is 0 Å². The summed E-state index contributed by atoms with van der Waals surface area (Å²) >= 11 is 0. The summed E-state index contributed by atoms with van der Waals surface area (Å²) in [5, 5.41) is 19.4. The number of carbonyl (C=O) groups excluding carboxylic acids is 9. The minimum absolute atomic E-state index is 0.0304. The van der Waals surface area contributed by atoms with Crippen LogP contribution in [-0.4, -0.2) is 104 Å². The van der Waals surface area contributed by atoms with E-state index in [4.69, 9.17) is 5.73 Å². The van der Waals surface area contributed by atoms with Crippen molar-refractivity contribution < 1.29 is 43.2 Å². The van der Waals surface area contributed by atoms with Crippen molar-refractivity contribution in [3.63, 3.8) is 0 Å². The molecule has 9 amide bonds. The molecule has 48 heavy (non-hydrogen) atoms. The average molecular weight is 674 g/mol. The minimum Gasteiger partial charge on any atom is -0.368 e. The molecule has 10 N–H and O–H groups in total. The number of aryl methyl sites for hydroxylation is 1. The van der Waals surface area contributed by atoms with Gasteiger partial charge in [0, 0.05) is 26.3 Å². The van der Waals surface area contributed by atoms with Crippen molar-refractivity contribution in [1.29, 1.82) is 0 Å². The van der Waals surface area contributed by atoms with Gasteiger partial charge in [-0.25, -0.2) is 0 Å². The van der Waals surface area contributed by atoms with Gasteiger partial charge in [0.25, 0.3) is 0 Å². The highest BCUT2D eigenvalue weighted by atomic mass is 16.2. The van der Waals surface area contributed by atoms with Crippen LogP contribution in [0.2, 0.25) is 0 Å². The number of primary amides is 1. The highest BCUT2D eigenvalue weighted by Gasteiger charge is 2.26. The van der Waals surface area contributed by atoms with Crippen LogP contribution in [0.25, 0.3) is 0 Å². The van der Waals surface area contributed by atoms with Gasteiger partial charge in [-0.05, 0) is 31.7 Å². The Labute approximate surface area is 276 Å². The summed E-state index contributed by atoms with van der Waals surface area (Å²) in [4.78, 5) is 112. The van der Waals surface area contributed by atoms with E-state index in [0.717, 1.165) is 5.56 Å². The molecule has 1 heterocycles. The van der Waals surface area contributed by atoms with Crippen molar-refractivity contribution in [3.05, 3.63) is 35.4 Å². The Morgan fingerprint density at radius 1 is 0.833 bits per heavy atom. The van der Waals surface area contributed by atoms with Crippen LogP contribution >= 0.6 is 0 Å². The van der Waals surface area contributed by atoms with Gasteiger partial charge in [0.1, 0.15) is 18.1 Å². The molecule has 2 rings (SSSR count). The van der Waals surface area contributed by atoms with E-state index in [1.807, 2.05) is 13.0 Å². The van der Waals surface area contributed by atoms with Gasteiger partial charge in [-0.2, -0.15) is 0 Å². The second-order valence-corrected chi connectivity index (χ2v) is 11.1. The molecule has 1 aromatic carbocycles. The highest BCUT2D eigenvalue weighted by Crippen LogP contribution is 2.08. The third kappa shape index (κ3) is 15.2. The molecule has 0 aromatic heterocycles. The molecule has 0 radical (unpaired) electrons. The first-order valence-corrected chi connectivity index (χ1v) is 15.3. The van der Waals surface area contributed by atoms with Crippen LogP contribution in [0.15, 0.2) is 24.3 Å². The molecule has 0 spiro atoms. The fourth-order valence-electron chi connectivity index (χ4n) is 4.50. The zero-order chi connectivity index (χ0) is 35.6. The van der Waals surface area contributed by atoms with Crippen molar-refractivity contribution in [3.8, 4) is 0 Å². The smallest absolute Gasteiger partial charge is 0.243 e. The maximum Gasteiger partial charge on any atom is 0.243 e. The number of carbonyl (C=O) groups is 9. The summed E-state index contributed by atoms with van der Waals surface area (Å²) in [6.07, 6.45) is -0.0700. The lowest BCUT2D eigenvalue weighted by molar-refractivity contribution is -0.132. The Morgan fingerprint density at radius 2 is 1.50 bits per heavy atom. The Kier molecular flexibility index (Phi) is 16.0. The standard InChI is InChI=1S/C30H43N9O9/c1-17-5-3-6-19(11-17)12-22-30(48)35-13-24(42)34-15-26(44)37-20(28(31)46)7-4-10-32-23(41)9-8-21(29(47)36-16-27(45)39-22)38-25(43)14-33-18(2)40/h3,5-6,11,20-22H,4,7-10,12-16H2,1-2H3,(H2,31,46)(H,32,41)(H,33,40)(H,34,42)(H,35,48)(H,36,47)(H,37,44)(H,38,43)(H,39,45). The summed E-state index contributed by atoms with van der Waals surface area (Å²) < 4.78 is 0. The van der Waals surface area contributed by atoms with E-state index in [9.17, 15) is 43.2 Å². The lowest BCUT2D eigenvalue weighted by Gasteiger charge is -2.21. The number of rotatable bonds is 6. The first-order valence-electron chi connectivity index (χ1n) is 15.3. The molecule has 1 saturated heterocycles. The van der Waals surface area contributed by atoms with Crippen molar-refractivity contribution in [2.24, 2.45) is 5.73 Å². The summed E-state index contributed by atoms with van der Waals surface area (Å²) in [6, 6.07) is 3.62. The molecule has 0 aliphatic carbocycles. The third-order valence-corrected chi connectivity index (χ3v) is 6.95. The Morgan fingerprint density at radius 3 is 2.19 bits per heavy atom. The molecule has 1 aromatic rings. The Balaban J connectivity index is 2.25. The van der Waals surface area contributed by atoms with Gasteiger partial charge in [0.05, 0.1) is 26.2 Å². The molecular formula is C30H43N9O9. The topological polar surface area (TPSA) is 276 Å². The lowest BCUT2D eigenvalue weighted by atomic mass is 10.0. The van der Waals surface area contributed by atoms with Gasteiger partial charge in [0.2, 0.25) is 53.2 Å². The van der Waals surface area contributed by atoms with E-state index < -0.39 is 97.5 Å². The first kappa shape index (κ1) is 38.6. The fraction of sp³-hybridized carbons (Fsp3) is 0.500. The number of nitrogens with one attached hydrogen (secondary N) is 8. The summed E-state index contributed by atoms with van der Waals surface area (Å²) in [7, 11) is 0. The van der Waals surface area contributed by atoms with E-state index in [1.165, 1.54) is 6.92 Å². The Bertz CT molecular complexity index is 1390.